The van der Waals surface area contributed by atoms with E-state index in [9.17, 15) is 0 Å². The number of rotatable bonds is 7. The van der Waals surface area contributed by atoms with Gasteiger partial charge >= 0.3 is 0 Å². The summed E-state index contributed by atoms with van der Waals surface area (Å²) in [4.78, 5) is 2.37. The highest BCUT2D eigenvalue weighted by Crippen LogP contribution is 2.42. The van der Waals surface area contributed by atoms with Crippen molar-refractivity contribution in [3.63, 3.8) is 0 Å². The second kappa shape index (κ2) is 8.58. The van der Waals surface area contributed by atoms with Gasteiger partial charge in [0, 0.05) is 18.7 Å². The molecule has 0 N–H and O–H groups in total. The summed E-state index contributed by atoms with van der Waals surface area (Å²) < 4.78 is 0. The molecule has 2 unspecified atom stereocenters. The predicted octanol–water partition coefficient (Wildman–Crippen LogP) is 6.94. The number of allylic oxidation sites excluding steroid dienone is 3. The van der Waals surface area contributed by atoms with Gasteiger partial charge in [-0.1, -0.05) is 79.1 Å². The molecule has 1 heteroatoms. The minimum atomic E-state index is 0.468. The molecule has 1 aliphatic rings. The number of aryl methyl sites for hydroxylation is 1. The van der Waals surface area contributed by atoms with Crippen molar-refractivity contribution in [3.05, 3.63) is 82.1 Å². The van der Waals surface area contributed by atoms with E-state index in [4.69, 9.17) is 0 Å². The van der Waals surface area contributed by atoms with Gasteiger partial charge in [-0.05, 0) is 51.7 Å². The Bertz CT molecular complexity index is 743. The lowest BCUT2D eigenvalue weighted by Gasteiger charge is -2.43. The fourth-order valence-electron chi connectivity index (χ4n) is 3.83. The first-order valence-corrected chi connectivity index (χ1v) is 9.82. The van der Waals surface area contributed by atoms with Gasteiger partial charge in [-0.25, -0.2) is 0 Å². The molecule has 0 spiro atoms. The van der Waals surface area contributed by atoms with Gasteiger partial charge in [0.2, 0.25) is 0 Å². The van der Waals surface area contributed by atoms with Crippen LogP contribution in [-0.2, 0) is 0 Å². The molecule has 1 nitrogen and oxygen atoms in total. The zero-order valence-electron chi connectivity index (χ0n) is 17.7. The number of hydrogen-bond acceptors (Lipinski definition) is 1. The topological polar surface area (TPSA) is 3.24 Å². The molecule has 0 aromatic heterocycles. The van der Waals surface area contributed by atoms with E-state index in [-0.39, 0.29) is 0 Å². The Morgan fingerprint density at radius 1 is 1.27 bits per heavy atom. The summed E-state index contributed by atoms with van der Waals surface area (Å²) in [6.45, 7) is 17.7. The second-order valence-electron chi connectivity index (χ2n) is 7.67. The summed E-state index contributed by atoms with van der Waals surface area (Å²) in [6, 6.07) is 9.44. The maximum atomic E-state index is 4.41. The van der Waals surface area contributed by atoms with E-state index in [1.54, 1.807) is 5.57 Å². The Morgan fingerprint density at radius 2 is 1.88 bits per heavy atom. The molecule has 0 heterocycles. The summed E-state index contributed by atoms with van der Waals surface area (Å²) in [5, 5.41) is 0. The van der Waals surface area contributed by atoms with Gasteiger partial charge in [0.05, 0.1) is 6.04 Å². The van der Waals surface area contributed by atoms with Gasteiger partial charge in [0.1, 0.15) is 0 Å². The molecular weight excluding hydrogens is 314 g/mol. The van der Waals surface area contributed by atoms with Crippen LogP contribution in [0.2, 0.25) is 0 Å². The molecular formula is C25H35N. The molecule has 0 amide bonds. The molecule has 0 aliphatic heterocycles. The Morgan fingerprint density at radius 3 is 2.38 bits per heavy atom. The zero-order valence-corrected chi connectivity index (χ0v) is 17.7. The lowest BCUT2D eigenvalue weighted by atomic mass is 9.74. The zero-order chi connectivity index (χ0) is 19.4. The normalized spacial score (nSPS) is 19.3. The Balaban J connectivity index is 2.19. The Hall–Kier alpha value is -2.02. The average Bonchev–Trinajstić information content (AvgIpc) is 2.64. The number of hydrogen-bond donors (Lipinski definition) is 0. The van der Waals surface area contributed by atoms with Gasteiger partial charge in [0.15, 0.2) is 0 Å². The van der Waals surface area contributed by atoms with Crippen LogP contribution in [0.1, 0.15) is 64.5 Å². The minimum Gasteiger partial charge on any atom is -0.368 e. The van der Waals surface area contributed by atoms with Gasteiger partial charge in [-0.15, -0.1) is 0 Å². The fraction of sp³-hybridized carbons (Fsp3) is 0.440. The first-order valence-electron chi connectivity index (χ1n) is 9.82. The second-order valence-corrected chi connectivity index (χ2v) is 7.67. The molecule has 0 radical (unpaired) electrons. The standard InChI is InChI=1S/C25H35N/c1-9-11-23(18(4)10-2)21(7)26(8)25-16-24(20(25)6)19(5)22-14-12-17(3)13-15-22/h9,11-15,19,25H,7,10,16H2,1-6,8H3/b11-9-,23-18+. The minimum absolute atomic E-state index is 0.468. The first kappa shape index (κ1) is 20.3. The highest BCUT2D eigenvalue weighted by molar-refractivity contribution is 5.45. The van der Waals surface area contributed by atoms with E-state index in [0.717, 1.165) is 18.5 Å². The molecule has 0 fully saturated rings. The monoisotopic (exact) mass is 349 g/mol. The largest absolute Gasteiger partial charge is 0.368 e. The molecule has 2 atom stereocenters. The van der Waals surface area contributed by atoms with Crippen molar-refractivity contribution in [1.29, 1.82) is 0 Å². The third-order valence-electron chi connectivity index (χ3n) is 6.05. The predicted molar refractivity (Wildman–Crippen MR) is 115 cm³/mol. The van der Waals surface area contributed by atoms with Crippen LogP contribution in [0.25, 0.3) is 0 Å². The van der Waals surface area contributed by atoms with Gasteiger partial charge < -0.3 is 4.90 Å². The maximum absolute atomic E-state index is 4.41. The SMILES string of the molecule is C=C(C(/C=C\C)=C(\C)CC)N(C)C1CC(C(C)c2ccc(C)cc2)=C1C. The molecule has 1 aliphatic carbocycles. The van der Waals surface area contributed by atoms with Gasteiger partial charge in [-0.3, -0.25) is 0 Å². The van der Waals surface area contributed by atoms with E-state index < -0.39 is 0 Å². The van der Waals surface area contributed by atoms with Crippen LogP contribution < -0.4 is 0 Å². The van der Waals surface area contributed by atoms with E-state index in [0.29, 0.717) is 12.0 Å². The first-order chi connectivity index (χ1) is 12.3. The average molecular weight is 350 g/mol. The Labute approximate surface area is 160 Å². The maximum Gasteiger partial charge on any atom is 0.0536 e. The quantitative estimate of drug-likeness (QED) is 0.381. The number of benzene rings is 1. The molecule has 26 heavy (non-hydrogen) atoms. The summed E-state index contributed by atoms with van der Waals surface area (Å²) in [5.74, 6) is 0.497. The molecule has 0 bridgehead atoms. The van der Waals surface area contributed by atoms with Crippen LogP contribution in [0, 0.1) is 6.92 Å². The number of likely N-dealkylation sites (N-methyl/N-ethyl adjacent to an activating group) is 1. The highest BCUT2D eigenvalue weighted by Gasteiger charge is 2.33. The van der Waals surface area contributed by atoms with Crippen molar-refractivity contribution in [2.24, 2.45) is 0 Å². The summed E-state index contributed by atoms with van der Waals surface area (Å²) >= 11 is 0. The molecule has 1 aromatic rings. The van der Waals surface area contributed by atoms with Crippen LogP contribution in [0.5, 0.6) is 0 Å². The van der Waals surface area contributed by atoms with Crippen molar-refractivity contribution in [2.75, 3.05) is 7.05 Å². The van der Waals surface area contributed by atoms with Crippen LogP contribution in [0.3, 0.4) is 0 Å². The smallest absolute Gasteiger partial charge is 0.0536 e. The molecule has 0 saturated carbocycles. The van der Waals surface area contributed by atoms with Gasteiger partial charge in [-0.2, -0.15) is 0 Å². The summed E-state index contributed by atoms with van der Waals surface area (Å²) in [7, 11) is 2.19. The van der Waals surface area contributed by atoms with Gasteiger partial charge in [0.25, 0.3) is 0 Å². The van der Waals surface area contributed by atoms with Crippen LogP contribution in [0.15, 0.2) is 71.0 Å². The lowest BCUT2D eigenvalue weighted by molar-refractivity contribution is 0.308. The molecule has 2 rings (SSSR count). The number of nitrogens with zero attached hydrogens (tertiary/aromatic N) is 1. The third-order valence-corrected chi connectivity index (χ3v) is 6.05. The van der Waals surface area contributed by atoms with Crippen molar-refractivity contribution >= 4 is 0 Å². The summed E-state index contributed by atoms with van der Waals surface area (Å²) in [6.07, 6.45) is 6.50. The third kappa shape index (κ3) is 4.03. The molecule has 1 aromatic carbocycles. The van der Waals surface area contributed by atoms with Crippen molar-refractivity contribution in [1.82, 2.24) is 4.90 Å². The van der Waals surface area contributed by atoms with E-state index in [1.807, 2.05) is 0 Å². The van der Waals surface area contributed by atoms with E-state index in [2.05, 4.69) is 96.5 Å². The van der Waals surface area contributed by atoms with E-state index >= 15 is 0 Å². The lowest BCUT2D eigenvalue weighted by Crippen LogP contribution is -2.40. The molecule has 140 valence electrons. The van der Waals surface area contributed by atoms with Crippen LogP contribution >= 0.6 is 0 Å². The van der Waals surface area contributed by atoms with Crippen molar-refractivity contribution in [3.8, 4) is 0 Å². The van der Waals surface area contributed by atoms with Crippen LogP contribution in [0.4, 0.5) is 0 Å². The fourth-order valence-corrected chi connectivity index (χ4v) is 3.83. The van der Waals surface area contributed by atoms with Crippen LogP contribution in [-0.4, -0.2) is 18.0 Å². The van der Waals surface area contributed by atoms with Crippen molar-refractivity contribution < 1.29 is 0 Å². The molecule has 0 saturated heterocycles. The summed E-state index contributed by atoms with van der Waals surface area (Å²) in [5.41, 5.74) is 9.65. The highest BCUT2D eigenvalue weighted by atomic mass is 15.1. The Kier molecular flexibility index (Phi) is 6.69. The van der Waals surface area contributed by atoms with Crippen molar-refractivity contribution in [2.45, 2.75) is 66.3 Å². The van der Waals surface area contributed by atoms with E-state index in [1.165, 1.54) is 27.8 Å².